The summed E-state index contributed by atoms with van der Waals surface area (Å²) >= 11 is 0. The topological polar surface area (TPSA) is 112 Å². The molecule has 0 aliphatic rings. The van der Waals surface area contributed by atoms with E-state index in [1.54, 1.807) is 54.7 Å². The first-order chi connectivity index (χ1) is 13.7. The van der Waals surface area contributed by atoms with E-state index < -0.39 is 6.03 Å². The van der Waals surface area contributed by atoms with Crippen LogP contribution in [0.15, 0.2) is 72.9 Å². The highest BCUT2D eigenvalue weighted by Crippen LogP contribution is 2.19. The molecule has 0 aliphatic carbocycles. The molecule has 8 heteroatoms. The summed E-state index contributed by atoms with van der Waals surface area (Å²) in [6.07, 6.45) is 1.59. The third-order valence-corrected chi connectivity index (χ3v) is 3.82. The number of para-hydroxylation sites is 1. The van der Waals surface area contributed by atoms with Gasteiger partial charge in [-0.2, -0.15) is 0 Å². The molecule has 0 fully saturated rings. The van der Waals surface area contributed by atoms with Crippen molar-refractivity contribution < 1.29 is 9.90 Å². The first-order valence-electron chi connectivity index (χ1n) is 8.49. The van der Waals surface area contributed by atoms with Gasteiger partial charge in [-0.15, -0.1) is 0 Å². The molecule has 2 heterocycles. The Hall–Kier alpha value is -4.20. The lowest BCUT2D eigenvalue weighted by Gasteiger charge is -2.08. The van der Waals surface area contributed by atoms with E-state index in [4.69, 9.17) is 0 Å². The molecule has 4 aromatic rings. The van der Waals surface area contributed by atoms with Crippen LogP contribution in [0.2, 0.25) is 0 Å². The molecule has 138 valence electrons. The van der Waals surface area contributed by atoms with Crippen molar-refractivity contribution >= 4 is 40.2 Å². The molecule has 0 spiro atoms. The number of phenols is 1. The van der Waals surface area contributed by atoms with Crippen molar-refractivity contribution in [2.24, 2.45) is 0 Å². The van der Waals surface area contributed by atoms with Gasteiger partial charge in [0.25, 0.3) is 0 Å². The van der Waals surface area contributed by atoms with Gasteiger partial charge in [0.1, 0.15) is 17.1 Å². The maximum atomic E-state index is 12.1. The van der Waals surface area contributed by atoms with Crippen LogP contribution in [0.3, 0.4) is 0 Å². The Morgan fingerprint density at radius 3 is 2.32 bits per heavy atom. The number of rotatable bonds is 4. The molecule has 0 radical (unpaired) electrons. The molecule has 0 unspecified atom stereocenters. The summed E-state index contributed by atoms with van der Waals surface area (Å²) in [7, 11) is 0. The fraction of sp³-hybridized carbons (Fsp3) is 0. The molecule has 28 heavy (non-hydrogen) atoms. The largest absolute Gasteiger partial charge is 0.508 e. The zero-order valence-corrected chi connectivity index (χ0v) is 14.6. The summed E-state index contributed by atoms with van der Waals surface area (Å²) in [5.41, 5.74) is 2.43. The number of carbonyl (C=O) groups excluding carboxylic acids is 1. The maximum absolute atomic E-state index is 12.1. The summed E-state index contributed by atoms with van der Waals surface area (Å²) in [5.74, 6) is 1.04. The van der Waals surface area contributed by atoms with E-state index in [9.17, 15) is 9.90 Å². The average molecular weight is 372 g/mol. The van der Waals surface area contributed by atoms with Crippen LogP contribution >= 0.6 is 0 Å². The highest BCUT2D eigenvalue weighted by atomic mass is 16.3. The lowest BCUT2D eigenvalue weighted by molar-refractivity contribution is 0.262. The van der Waals surface area contributed by atoms with E-state index in [1.807, 2.05) is 18.2 Å². The highest BCUT2D eigenvalue weighted by molar-refractivity contribution is 5.99. The van der Waals surface area contributed by atoms with Crippen molar-refractivity contribution in [3.8, 4) is 5.75 Å². The number of benzene rings is 2. The number of nitrogens with zero attached hydrogens (tertiary/aromatic N) is 3. The standard InChI is InChI=1S/C20H16N6O2/c27-15-8-6-14(7-9-15)22-18-12-21-16-10-11-17(24-19(16)25-18)26-20(28)23-13-4-2-1-3-5-13/h1-12,27H,(H3,22,23,24,25,26,28). The molecular formula is C20H16N6O2. The molecule has 0 saturated carbocycles. The Kier molecular flexibility index (Phi) is 4.67. The number of amides is 2. The normalized spacial score (nSPS) is 10.4. The SMILES string of the molecule is O=C(Nc1ccccc1)Nc1ccc2ncc(Nc3ccc(O)cc3)nc2n1. The number of nitrogens with one attached hydrogen (secondary N) is 3. The van der Waals surface area contributed by atoms with Gasteiger partial charge in [0, 0.05) is 11.4 Å². The lowest BCUT2D eigenvalue weighted by Crippen LogP contribution is -2.20. The number of urea groups is 1. The van der Waals surface area contributed by atoms with E-state index in [0.717, 1.165) is 5.69 Å². The second-order valence-electron chi connectivity index (χ2n) is 5.91. The van der Waals surface area contributed by atoms with Gasteiger partial charge in [-0.1, -0.05) is 18.2 Å². The first-order valence-corrected chi connectivity index (χ1v) is 8.49. The molecule has 4 N–H and O–H groups in total. The number of aromatic hydroxyl groups is 1. The molecule has 2 amide bonds. The quantitative estimate of drug-likeness (QED) is 0.401. The van der Waals surface area contributed by atoms with Crippen molar-refractivity contribution in [2.45, 2.75) is 0 Å². The van der Waals surface area contributed by atoms with Gasteiger partial charge in [-0.3, -0.25) is 5.32 Å². The summed E-state index contributed by atoms with van der Waals surface area (Å²) in [6.45, 7) is 0. The minimum Gasteiger partial charge on any atom is -0.508 e. The van der Waals surface area contributed by atoms with Crippen molar-refractivity contribution in [2.75, 3.05) is 16.0 Å². The molecule has 0 bridgehead atoms. The lowest BCUT2D eigenvalue weighted by atomic mass is 10.3. The maximum Gasteiger partial charge on any atom is 0.324 e. The van der Waals surface area contributed by atoms with E-state index in [-0.39, 0.29) is 5.75 Å². The molecular weight excluding hydrogens is 356 g/mol. The third-order valence-electron chi connectivity index (χ3n) is 3.82. The van der Waals surface area contributed by atoms with Crippen molar-refractivity contribution in [1.29, 1.82) is 0 Å². The number of phenolic OH excluding ortho intramolecular Hbond substituents is 1. The van der Waals surface area contributed by atoms with Gasteiger partial charge in [-0.05, 0) is 48.5 Å². The Morgan fingerprint density at radius 2 is 1.54 bits per heavy atom. The van der Waals surface area contributed by atoms with Crippen molar-refractivity contribution in [3.05, 3.63) is 72.9 Å². The smallest absolute Gasteiger partial charge is 0.324 e. The van der Waals surface area contributed by atoms with Crippen LogP contribution in [0.4, 0.5) is 27.8 Å². The molecule has 8 nitrogen and oxygen atoms in total. The number of fused-ring (bicyclic) bond motifs is 1. The van der Waals surface area contributed by atoms with Gasteiger partial charge in [-0.25, -0.2) is 19.7 Å². The number of pyridine rings is 1. The van der Waals surface area contributed by atoms with E-state index in [1.165, 1.54) is 0 Å². The summed E-state index contributed by atoms with van der Waals surface area (Å²) < 4.78 is 0. The van der Waals surface area contributed by atoms with E-state index in [0.29, 0.717) is 28.5 Å². The van der Waals surface area contributed by atoms with E-state index in [2.05, 4.69) is 30.9 Å². The Bertz CT molecular complexity index is 1120. The molecule has 4 rings (SSSR count). The van der Waals surface area contributed by atoms with Crippen LogP contribution in [-0.2, 0) is 0 Å². The Labute approximate surface area is 160 Å². The Balaban J connectivity index is 1.50. The number of hydrogen-bond donors (Lipinski definition) is 4. The number of anilines is 4. The van der Waals surface area contributed by atoms with Gasteiger partial charge < -0.3 is 15.7 Å². The summed E-state index contributed by atoms with van der Waals surface area (Å²) in [6, 6.07) is 18.7. The van der Waals surface area contributed by atoms with Crippen LogP contribution in [0.5, 0.6) is 5.75 Å². The highest BCUT2D eigenvalue weighted by Gasteiger charge is 2.07. The second-order valence-corrected chi connectivity index (χ2v) is 5.91. The second kappa shape index (κ2) is 7.58. The first kappa shape index (κ1) is 17.2. The predicted octanol–water partition coefficient (Wildman–Crippen LogP) is 4.12. The van der Waals surface area contributed by atoms with Crippen LogP contribution in [0, 0.1) is 0 Å². The van der Waals surface area contributed by atoms with Gasteiger partial charge in [0.15, 0.2) is 11.5 Å². The fourth-order valence-electron chi connectivity index (χ4n) is 2.52. The molecule has 2 aromatic carbocycles. The third kappa shape index (κ3) is 4.13. The van der Waals surface area contributed by atoms with Crippen molar-refractivity contribution in [1.82, 2.24) is 15.0 Å². The average Bonchev–Trinajstić information content (AvgIpc) is 2.70. The minimum atomic E-state index is -0.399. The molecule has 0 atom stereocenters. The summed E-state index contributed by atoms with van der Waals surface area (Å²) in [5, 5.41) is 17.9. The van der Waals surface area contributed by atoms with Gasteiger partial charge in [0.2, 0.25) is 0 Å². The van der Waals surface area contributed by atoms with Crippen LogP contribution in [0.25, 0.3) is 11.2 Å². The number of hydrogen-bond acceptors (Lipinski definition) is 6. The molecule has 0 aliphatic heterocycles. The number of carbonyl (C=O) groups is 1. The van der Waals surface area contributed by atoms with Crippen molar-refractivity contribution in [3.63, 3.8) is 0 Å². The van der Waals surface area contributed by atoms with E-state index >= 15 is 0 Å². The zero-order chi connectivity index (χ0) is 19.3. The van der Waals surface area contributed by atoms with Gasteiger partial charge >= 0.3 is 6.03 Å². The zero-order valence-electron chi connectivity index (χ0n) is 14.6. The van der Waals surface area contributed by atoms with Crippen LogP contribution in [-0.4, -0.2) is 26.1 Å². The Morgan fingerprint density at radius 1 is 0.786 bits per heavy atom. The predicted molar refractivity (Wildman–Crippen MR) is 108 cm³/mol. The molecule has 2 aromatic heterocycles. The number of aromatic nitrogens is 3. The van der Waals surface area contributed by atoms with Crippen LogP contribution in [0.1, 0.15) is 0 Å². The monoisotopic (exact) mass is 372 g/mol. The van der Waals surface area contributed by atoms with Gasteiger partial charge in [0.05, 0.1) is 6.20 Å². The minimum absolute atomic E-state index is 0.182. The fourth-order valence-corrected chi connectivity index (χ4v) is 2.52. The van der Waals surface area contributed by atoms with Crippen LogP contribution < -0.4 is 16.0 Å². The summed E-state index contributed by atoms with van der Waals surface area (Å²) in [4.78, 5) is 25.2. The molecule has 0 saturated heterocycles.